The molecule has 5 fully saturated rings. The standard InChI is InChI=1S/C31H54O25/c1-7-12(33)25(55-29-23(44)18(39)13(34)8(3-32)52-29)24(45)30(50-7)56-26-20(41)16(37)11(6-48-28-22(43)19(40)14(35)9(53-28)4-47-2)54-31(26)49-5-10-15(36)17(38)21(42)27(46)51-10/h7-46H,3-6H2,1-2H3/t7-,8+,9+,10+,11+,12+,13+,14-,15-,16-,17-,18-,19-,20-,21+,22+,23-,24-,25+,26+,27-,28-,29+,30-,31-/m0/s1. The van der Waals surface area contributed by atoms with Crippen LogP contribution in [0.25, 0.3) is 0 Å². The van der Waals surface area contributed by atoms with Gasteiger partial charge in [0.25, 0.3) is 0 Å². The third kappa shape index (κ3) is 9.63. The number of hydrogen-bond acceptors (Lipinski definition) is 25. The first-order valence-corrected chi connectivity index (χ1v) is 17.9. The van der Waals surface area contributed by atoms with Gasteiger partial charge in [-0.1, -0.05) is 0 Å². The summed E-state index contributed by atoms with van der Waals surface area (Å²) in [6, 6.07) is 0. The van der Waals surface area contributed by atoms with Crippen molar-refractivity contribution in [1.82, 2.24) is 0 Å². The minimum atomic E-state index is -2.02. The molecular weight excluding hydrogens is 772 g/mol. The molecule has 5 heterocycles. The van der Waals surface area contributed by atoms with Gasteiger partial charge in [-0.15, -0.1) is 0 Å². The molecule has 5 saturated heterocycles. The third-order valence-corrected chi connectivity index (χ3v) is 10.4. The molecule has 0 saturated carbocycles. The van der Waals surface area contributed by atoms with Crippen molar-refractivity contribution >= 4 is 0 Å². The van der Waals surface area contributed by atoms with Crippen molar-refractivity contribution in [1.29, 1.82) is 0 Å². The van der Waals surface area contributed by atoms with E-state index in [4.69, 9.17) is 47.4 Å². The summed E-state index contributed by atoms with van der Waals surface area (Å²) in [6.07, 6.45) is -43.5. The normalized spacial score (nSPS) is 53.2. The molecule has 0 unspecified atom stereocenters. The number of rotatable bonds is 13. The smallest absolute Gasteiger partial charge is 0.187 e. The molecule has 5 rings (SSSR count). The number of methoxy groups -OCH3 is 1. The van der Waals surface area contributed by atoms with Gasteiger partial charge in [-0.3, -0.25) is 0 Å². The molecule has 0 aromatic rings. The topological polar surface area (TPSA) is 396 Å². The molecule has 5 aliphatic rings. The lowest BCUT2D eigenvalue weighted by molar-refractivity contribution is -0.387. The van der Waals surface area contributed by atoms with E-state index in [1.54, 1.807) is 0 Å². The van der Waals surface area contributed by atoms with Crippen molar-refractivity contribution in [2.75, 3.05) is 33.5 Å². The summed E-state index contributed by atoms with van der Waals surface area (Å²) in [5.74, 6) is 0. The van der Waals surface area contributed by atoms with Crippen LogP contribution in [0.4, 0.5) is 0 Å². The average molecular weight is 827 g/mol. The Morgan fingerprint density at radius 2 is 0.839 bits per heavy atom. The lowest BCUT2D eigenvalue weighted by Gasteiger charge is -2.48. The summed E-state index contributed by atoms with van der Waals surface area (Å²) < 4.78 is 55.2. The van der Waals surface area contributed by atoms with Crippen LogP contribution < -0.4 is 0 Å². The van der Waals surface area contributed by atoms with Gasteiger partial charge in [0, 0.05) is 7.11 Å². The second-order valence-electron chi connectivity index (χ2n) is 14.3. The fraction of sp³-hybridized carbons (Fsp3) is 1.00. The lowest BCUT2D eigenvalue weighted by Crippen LogP contribution is -2.66. The van der Waals surface area contributed by atoms with Crippen molar-refractivity contribution in [2.24, 2.45) is 0 Å². The predicted octanol–water partition coefficient (Wildman–Crippen LogP) is -10.2. The molecule has 56 heavy (non-hydrogen) atoms. The van der Waals surface area contributed by atoms with Gasteiger partial charge in [0.2, 0.25) is 0 Å². The van der Waals surface area contributed by atoms with Gasteiger partial charge in [0.1, 0.15) is 116 Å². The zero-order chi connectivity index (χ0) is 41.3. The van der Waals surface area contributed by atoms with E-state index in [2.05, 4.69) is 0 Å². The van der Waals surface area contributed by atoms with E-state index in [0.717, 1.165) is 0 Å². The minimum Gasteiger partial charge on any atom is -0.394 e. The first kappa shape index (κ1) is 46.1. The van der Waals surface area contributed by atoms with E-state index in [9.17, 15) is 76.6 Å². The minimum absolute atomic E-state index is 0.213. The molecule has 0 radical (unpaired) electrons. The molecule has 328 valence electrons. The fourth-order valence-corrected chi connectivity index (χ4v) is 6.89. The van der Waals surface area contributed by atoms with Gasteiger partial charge >= 0.3 is 0 Å². The molecule has 0 aromatic carbocycles. The molecule has 0 spiro atoms. The van der Waals surface area contributed by atoms with E-state index in [1.807, 2.05) is 0 Å². The molecule has 0 aliphatic carbocycles. The first-order chi connectivity index (χ1) is 26.4. The lowest BCUT2D eigenvalue weighted by atomic mass is 9.96. The molecule has 25 nitrogen and oxygen atoms in total. The summed E-state index contributed by atoms with van der Waals surface area (Å²) in [7, 11) is 1.30. The number of aliphatic hydroxyl groups is 15. The maximum atomic E-state index is 11.4. The van der Waals surface area contributed by atoms with Crippen LogP contribution in [0.1, 0.15) is 6.92 Å². The molecule has 15 N–H and O–H groups in total. The van der Waals surface area contributed by atoms with Crippen molar-refractivity contribution in [3.8, 4) is 0 Å². The van der Waals surface area contributed by atoms with Gasteiger partial charge in [0.15, 0.2) is 31.5 Å². The van der Waals surface area contributed by atoms with Gasteiger partial charge in [-0.25, -0.2) is 0 Å². The van der Waals surface area contributed by atoms with Crippen molar-refractivity contribution in [3.63, 3.8) is 0 Å². The highest BCUT2D eigenvalue weighted by molar-refractivity contribution is 4.97. The highest BCUT2D eigenvalue weighted by Gasteiger charge is 2.54. The maximum absolute atomic E-state index is 11.4. The zero-order valence-corrected chi connectivity index (χ0v) is 30.1. The van der Waals surface area contributed by atoms with E-state index in [0.29, 0.717) is 0 Å². The SMILES string of the molecule is COC[C@H]1O[C@H](OC[C@H]2O[C@H](OC[C@H]3O[C@H](O)[C@H](O)[C@@H](O)[C@H]3O)[C@H](O[C@@H]3O[C@@H](C)[C@@H](O)[C@@H](O[C@H]4O[C@H](CO)[C@@H](O)[C@H](O)[C@@H]4O)[C@@H]3O)[C@@H](O)[C@H]2O)[C@H](O)[C@@H](O)[C@H]1O. The van der Waals surface area contributed by atoms with E-state index in [-0.39, 0.29) is 6.61 Å². The van der Waals surface area contributed by atoms with Crippen LogP contribution in [0, 0.1) is 0 Å². The average Bonchev–Trinajstić information content (AvgIpc) is 3.17. The van der Waals surface area contributed by atoms with Crippen LogP contribution in [0.5, 0.6) is 0 Å². The first-order valence-electron chi connectivity index (χ1n) is 17.9. The molecule has 0 amide bonds. The van der Waals surface area contributed by atoms with Gasteiger partial charge in [0.05, 0.1) is 32.5 Å². The van der Waals surface area contributed by atoms with Gasteiger partial charge in [-0.2, -0.15) is 0 Å². The van der Waals surface area contributed by atoms with Crippen LogP contribution >= 0.6 is 0 Å². The summed E-state index contributed by atoms with van der Waals surface area (Å²) in [6.45, 7) is -1.14. The summed E-state index contributed by atoms with van der Waals surface area (Å²) in [4.78, 5) is 0. The van der Waals surface area contributed by atoms with Crippen LogP contribution in [0.15, 0.2) is 0 Å². The van der Waals surface area contributed by atoms with Crippen LogP contribution in [0.3, 0.4) is 0 Å². The third-order valence-electron chi connectivity index (χ3n) is 10.4. The highest BCUT2D eigenvalue weighted by Crippen LogP contribution is 2.34. The van der Waals surface area contributed by atoms with Crippen molar-refractivity contribution < 1.29 is 124 Å². The number of ether oxygens (including phenoxy) is 10. The second-order valence-corrected chi connectivity index (χ2v) is 14.3. The van der Waals surface area contributed by atoms with E-state index >= 15 is 0 Å². The summed E-state index contributed by atoms with van der Waals surface area (Å²) in [5, 5.41) is 156. The molecule has 0 bridgehead atoms. The summed E-state index contributed by atoms with van der Waals surface area (Å²) >= 11 is 0. The number of hydrogen-bond donors (Lipinski definition) is 15. The predicted molar refractivity (Wildman–Crippen MR) is 170 cm³/mol. The largest absolute Gasteiger partial charge is 0.394 e. The Kier molecular flexibility index (Phi) is 16.1. The quantitative estimate of drug-likeness (QED) is 0.0819. The Morgan fingerprint density at radius 1 is 0.393 bits per heavy atom. The van der Waals surface area contributed by atoms with Crippen LogP contribution in [-0.2, 0) is 47.4 Å². The monoisotopic (exact) mass is 826 g/mol. The van der Waals surface area contributed by atoms with Crippen molar-refractivity contribution in [2.45, 2.75) is 160 Å². The molecule has 5 aliphatic heterocycles. The van der Waals surface area contributed by atoms with Gasteiger partial charge in [-0.05, 0) is 6.92 Å². The fourth-order valence-electron chi connectivity index (χ4n) is 6.89. The Morgan fingerprint density at radius 3 is 1.45 bits per heavy atom. The van der Waals surface area contributed by atoms with Crippen LogP contribution in [0.2, 0.25) is 0 Å². The molecule has 25 heteroatoms. The van der Waals surface area contributed by atoms with Crippen LogP contribution in [-0.4, -0.2) is 264 Å². The Labute approximate surface area is 318 Å². The number of aliphatic hydroxyl groups excluding tert-OH is 15. The van der Waals surface area contributed by atoms with Gasteiger partial charge < -0.3 is 124 Å². The molecule has 25 atom stereocenters. The van der Waals surface area contributed by atoms with E-state index in [1.165, 1.54) is 14.0 Å². The second kappa shape index (κ2) is 19.6. The molecule has 0 aromatic heterocycles. The Balaban J connectivity index is 1.33. The zero-order valence-electron chi connectivity index (χ0n) is 30.1. The Bertz CT molecular complexity index is 1210. The highest BCUT2D eigenvalue weighted by atomic mass is 16.8. The van der Waals surface area contributed by atoms with E-state index < -0.39 is 173 Å². The summed E-state index contributed by atoms with van der Waals surface area (Å²) in [5.41, 5.74) is 0. The van der Waals surface area contributed by atoms with Crippen molar-refractivity contribution in [3.05, 3.63) is 0 Å². The Hall–Kier alpha value is -1.00. The maximum Gasteiger partial charge on any atom is 0.187 e. The molecular formula is C31H54O25.